The highest BCUT2D eigenvalue weighted by Crippen LogP contribution is 2.52. The molecule has 2 heterocycles. The van der Waals surface area contributed by atoms with E-state index in [1.54, 1.807) is 11.0 Å². The van der Waals surface area contributed by atoms with E-state index in [0.717, 1.165) is 35.2 Å². The van der Waals surface area contributed by atoms with Crippen molar-refractivity contribution in [2.45, 2.75) is 69.9 Å². The molecule has 1 atom stereocenters. The van der Waals surface area contributed by atoms with Crippen molar-refractivity contribution in [2.75, 3.05) is 6.54 Å². The Bertz CT molecular complexity index is 1700. The molecule has 42 heavy (non-hydrogen) atoms. The summed E-state index contributed by atoms with van der Waals surface area (Å²) in [5.74, 6) is 0.254. The maximum atomic E-state index is 13.6. The minimum absolute atomic E-state index is 0.0586. The normalized spacial score (nSPS) is 16.8. The quantitative estimate of drug-likeness (QED) is 0.283. The SMILES string of the molecule is CC(C)(C)c1ccc(-c2cccc(C(O)C(=O)N3CCCc4nc(C5(c6cccc(Cl)c6)CC5)[nH]c(=O)c4C3)c2)cc1. The average Bonchev–Trinajstić information content (AvgIpc) is 3.81. The minimum atomic E-state index is -1.33. The summed E-state index contributed by atoms with van der Waals surface area (Å²) in [7, 11) is 0. The van der Waals surface area contributed by atoms with Gasteiger partial charge in [-0.25, -0.2) is 4.98 Å². The number of fused-ring (bicyclic) bond motifs is 1. The molecule has 1 amide bonds. The van der Waals surface area contributed by atoms with Crippen LogP contribution in [0.3, 0.4) is 0 Å². The monoisotopic (exact) mass is 581 g/mol. The first kappa shape index (κ1) is 28.4. The third kappa shape index (κ3) is 5.41. The largest absolute Gasteiger partial charge is 0.378 e. The van der Waals surface area contributed by atoms with Crippen molar-refractivity contribution in [2.24, 2.45) is 0 Å². The van der Waals surface area contributed by atoms with Crippen LogP contribution in [0.25, 0.3) is 11.1 Å². The van der Waals surface area contributed by atoms with Crippen LogP contribution in [0.4, 0.5) is 0 Å². The van der Waals surface area contributed by atoms with Gasteiger partial charge in [0, 0.05) is 11.6 Å². The van der Waals surface area contributed by atoms with Crippen LogP contribution in [0.1, 0.15) is 79.9 Å². The standard InChI is InChI=1S/C35H36ClN3O3/c1-34(2,3)25-14-12-22(13-15-25)23-7-4-8-24(19-23)30(40)32(42)39-18-6-11-29-28(21-39)31(41)38-33(37-29)35(16-17-35)26-9-5-10-27(36)20-26/h4-5,7-10,12-15,19-20,30,40H,6,11,16-18,21H2,1-3H3,(H,37,38,41). The molecular weight excluding hydrogens is 546 g/mol. The number of aliphatic hydroxyl groups excluding tert-OH is 1. The topological polar surface area (TPSA) is 86.3 Å². The number of nitrogens with one attached hydrogen (secondary N) is 1. The van der Waals surface area contributed by atoms with Crippen molar-refractivity contribution in [3.8, 4) is 11.1 Å². The van der Waals surface area contributed by atoms with Gasteiger partial charge in [0.1, 0.15) is 5.82 Å². The molecule has 0 bridgehead atoms. The molecule has 2 aliphatic rings. The Hall–Kier alpha value is -3.74. The molecule has 216 valence electrons. The zero-order valence-electron chi connectivity index (χ0n) is 24.3. The van der Waals surface area contributed by atoms with Crippen LogP contribution in [0.5, 0.6) is 0 Å². The molecule has 3 aromatic carbocycles. The lowest BCUT2D eigenvalue weighted by molar-refractivity contribution is -0.141. The fraction of sp³-hybridized carbons (Fsp3) is 0.343. The number of hydrogen-bond donors (Lipinski definition) is 2. The van der Waals surface area contributed by atoms with Crippen LogP contribution in [-0.2, 0) is 28.6 Å². The lowest BCUT2D eigenvalue weighted by Gasteiger charge is -2.24. The number of H-pyrrole nitrogens is 1. The third-order valence-electron chi connectivity index (χ3n) is 8.70. The van der Waals surface area contributed by atoms with Crippen LogP contribution < -0.4 is 5.56 Å². The molecule has 1 unspecified atom stereocenters. The highest BCUT2D eigenvalue weighted by Gasteiger charge is 2.48. The zero-order chi connectivity index (χ0) is 29.6. The number of rotatable bonds is 5. The first-order valence-corrected chi connectivity index (χ1v) is 15.0. The molecule has 0 saturated heterocycles. The Morgan fingerprint density at radius 1 is 1.02 bits per heavy atom. The van der Waals surface area contributed by atoms with E-state index in [9.17, 15) is 14.7 Å². The molecule has 1 aliphatic carbocycles. The van der Waals surface area contributed by atoms with Crippen LogP contribution in [0.2, 0.25) is 5.02 Å². The minimum Gasteiger partial charge on any atom is -0.378 e. The van der Waals surface area contributed by atoms with E-state index in [-0.39, 0.29) is 22.9 Å². The predicted molar refractivity (Wildman–Crippen MR) is 166 cm³/mol. The second-order valence-corrected chi connectivity index (χ2v) is 13.1. The van der Waals surface area contributed by atoms with Gasteiger partial charge >= 0.3 is 0 Å². The van der Waals surface area contributed by atoms with E-state index in [2.05, 4.69) is 50.0 Å². The number of aromatic nitrogens is 2. The van der Waals surface area contributed by atoms with Gasteiger partial charge in [-0.3, -0.25) is 9.59 Å². The molecule has 1 aromatic heterocycles. The number of aryl methyl sites for hydroxylation is 1. The lowest BCUT2D eigenvalue weighted by atomic mass is 9.86. The summed E-state index contributed by atoms with van der Waals surface area (Å²) in [6, 6.07) is 23.6. The van der Waals surface area contributed by atoms with Gasteiger partial charge in [-0.2, -0.15) is 0 Å². The Balaban J connectivity index is 1.22. The highest BCUT2D eigenvalue weighted by atomic mass is 35.5. The van der Waals surface area contributed by atoms with Gasteiger partial charge in [-0.15, -0.1) is 0 Å². The second kappa shape index (κ2) is 10.8. The van der Waals surface area contributed by atoms with Crippen molar-refractivity contribution in [1.82, 2.24) is 14.9 Å². The fourth-order valence-corrected chi connectivity index (χ4v) is 6.17. The van der Waals surface area contributed by atoms with Gasteiger partial charge in [0.05, 0.1) is 23.2 Å². The van der Waals surface area contributed by atoms with E-state index in [1.807, 2.05) is 42.5 Å². The summed E-state index contributed by atoms with van der Waals surface area (Å²) in [4.78, 5) is 36.5. The lowest BCUT2D eigenvalue weighted by Crippen LogP contribution is -2.36. The first-order valence-electron chi connectivity index (χ1n) is 14.6. The molecule has 6 rings (SSSR count). The maximum absolute atomic E-state index is 13.6. The highest BCUT2D eigenvalue weighted by molar-refractivity contribution is 6.30. The molecule has 1 saturated carbocycles. The van der Waals surface area contributed by atoms with Crippen LogP contribution in [0, 0.1) is 0 Å². The van der Waals surface area contributed by atoms with Gasteiger partial charge in [0.15, 0.2) is 6.10 Å². The maximum Gasteiger partial charge on any atom is 0.256 e. The molecular formula is C35H36ClN3O3. The summed E-state index contributed by atoms with van der Waals surface area (Å²) in [5, 5.41) is 11.8. The number of amides is 1. The summed E-state index contributed by atoms with van der Waals surface area (Å²) in [5.41, 5.74) is 5.51. The predicted octanol–water partition coefficient (Wildman–Crippen LogP) is 6.48. The van der Waals surface area contributed by atoms with Crippen molar-refractivity contribution in [1.29, 1.82) is 0 Å². The van der Waals surface area contributed by atoms with Gasteiger partial charge in [-0.05, 0) is 77.1 Å². The van der Waals surface area contributed by atoms with E-state index < -0.39 is 12.0 Å². The number of aromatic amines is 1. The van der Waals surface area contributed by atoms with E-state index in [4.69, 9.17) is 16.6 Å². The number of aliphatic hydroxyl groups is 1. The van der Waals surface area contributed by atoms with Crippen LogP contribution in [0.15, 0.2) is 77.6 Å². The van der Waals surface area contributed by atoms with E-state index >= 15 is 0 Å². The number of hydrogen-bond acceptors (Lipinski definition) is 4. The van der Waals surface area contributed by atoms with Crippen molar-refractivity contribution < 1.29 is 9.90 Å². The number of carbonyl (C=O) groups excluding carboxylic acids is 1. The Labute approximate surface area is 251 Å². The van der Waals surface area contributed by atoms with Gasteiger partial charge in [0.25, 0.3) is 11.5 Å². The Morgan fingerprint density at radius 3 is 2.45 bits per heavy atom. The Morgan fingerprint density at radius 2 is 1.76 bits per heavy atom. The number of nitrogens with zero attached hydrogens (tertiary/aromatic N) is 2. The molecule has 6 nitrogen and oxygen atoms in total. The second-order valence-electron chi connectivity index (χ2n) is 12.7. The number of benzene rings is 3. The summed E-state index contributed by atoms with van der Waals surface area (Å²) in [6.07, 6.45) is 1.71. The van der Waals surface area contributed by atoms with Crippen molar-refractivity contribution >= 4 is 17.5 Å². The molecule has 2 N–H and O–H groups in total. The molecule has 7 heteroatoms. The molecule has 1 fully saturated rings. The number of carbonyl (C=O) groups is 1. The molecule has 0 spiro atoms. The van der Waals surface area contributed by atoms with E-state index in [1.165, 1.54) is 5.56 Å². The van der Waals surface area contributed by atoms with Gasteiger partial charge in [-0.1, -0.05) is 87.0 Å². The van der Waals surface area contributed by atoms with Gasteiger partial charge in [0.2, 0.25) is 0 Å². The summed E-state index contributed by atoms with van der Waals surface area (Å²) < 4.78 is 0. The van der Waals surface area contributed by atoms with Crippen LogP contribution in [-0.4, -0.2) is 32.4 Å². The fourth-order valence-electron chi connectivity index (χ4n) is 5.98. The zero-order valence-corrected chi connectivity index (χ0v) is 25.0. The molecule has 0 radical (unpaired) electrons. The van der Waals surface area contributed by atoms with Crippen molar-refractivity contribution in [3.63, 3.8) is 0 Å². The van der Waals surface area contributed by atoms with E-state index in [0.29, 0.717) is 41.4 Å². The smallest absolute Gasteiger partial charge is 0.256 e. The van der Waals surface area contributed by atoms with Gasteiger partial charge < -0.3 is 15.0 Å². The molecule has 1 aliphatic heterocycles. The summed E-state index contributed by atoms with van der Waals surface area (Å²) in [6.45, 7) is 7.10. The van der Waals surface area contributed by atoms with Crippen LogP contribution >= 0.6 is 11.6 Å². The Kier molecular flexibility index (Phi) is 7.32. The molecule has 4 aromatic rings. The number of halogens is 1. The summed E-state index contributed by atoms with van der Waals surface area (Å²) >= 11 is 6.26. The average molecular weight is 582 g/mol. The third-order valence-corrected chi connectivity index (χ3v) is 8.94. The first-order chi connectivity index (χ1) is 20.0. The van der Waals surface area contributed by atoms with Crippen molar-refractivity contribution in [3.05, 3.63) is 122 Å².